The fraction of sp³-hybridized carbons (Fsp3) is 0.455. The predicted molar refractivity (Wildman–Crippen MR) is 64.5 cm³/mol. The predicted octanol–water partition coefficient (Wildman–Crippen LogP) is 0.704. The first-order chi connectivity index (χ1) is 8.31. The van der Waals surface area contributed by atoms with Gasteiger partial charge in [-0.1, -0.05) is 0 Å². The van der Waals surface area contributed by atoms with Crippen molar-refractivity contribution < 1.29 is 5.11 Å². The molecular weight excluding hydrogens is 218 g/mol. The van der Waals surface area contributed by atoms with Crippen LogP contribution in [0.3, 0.4) is 0 Å². The number of aryl methyl sites for hydroxylation is 1. The van der Waals surface area contributed by atoms with Crippen molar-refractivity contribution in [1.29, 1.82) is 0 Å². The van der Waals surface area contributed by atoms with Crippen LogP contribution in [0.25, 0.3) is 0 Å². The van der Waals surface area contributed by atoms with Crippen LogP contribution in [-0.4, -0.2) is 31.3 Å². The number of aromatic nitrogens is 4. The van der Waals surface area contributed by atoms with E-state index in [0.717, 1.165) is 24.3 Å². The monoisotopic (exact) mass is 235 g/mol. The molecule has 0 unspecified atom stereocenters. The molecule has 6 heteroatoms. The minimum absolute atomic E-state index is 0.102. The van der Waals surface area contributed by atoms with E-state index in [4.69, 9.17) is 5.11 Å². The molecule has 0 aliphatic heterocycles. The van der Waals surface area contributed by atoms with Crippen molar-refractivity contribution in [2.24, 2.45) is 0 Å². The second-order valence-corrected chi connectivity index (χ2v) is 3.77. The Kier molecular flexibility index (Phi) is 3.77. The highest BCUT2D eigenvalue weighted by atomic mass is 16.3. The summed E-state index contributed by atoms with van der Waals surface area (Å²) in [5.74, 6) is 0. The maximum absolute atomic E-state index is 8.77. The highest BCUT2D eigenvalue weighted by Crippen LogP contribution is 2.07. The van der Waals surface area contributed by atoms with Crippen LogP contribution in [0.5, 0.6) is 0 Å². The van der Waals surface area contributed by atoms with E-state index in [-0.39, 0.29) is 6.61 Å². The van der Waals surface area contributed by atoms with E-state index in [9.17, 15) is 0 Å². The van der Waals surface area contributed by atoms with Crippen molar-refractivity contribution >= 4 is 5.69 Å². The van der Waals surface area contributed by atoms with E-state index < -0.39 is 0 Å². The topological polar surface area (TPSA) is 67.9 Å². The lowest BCUT2D eigenvalue weighted by Gasteiger charge is -2.00. The van der Waals surface area contributed by atoms with Gasteiger partial charge in [0.15, 0.2) is 0 Å². The van der Waals surface area contributed by atoms with Crippen LogP contribution < -0.4 is 5.32 Å². The molecule has 0 saturated heterocycles. The van der Waals surface area contributed by atoms with Crippen LogP contribution >= 0.6 is 0 Å². The lowest BCUT2D eigenvalue weighted by atomic mass is 10.3. The average Bonchev–Trinajstić information content (AvgIpc) is 2.95. The van der Waals surface area contributed by atoms with E-state index in [1.54, 1.807) is 10.9 Å². The highest BCUT2D eigenvalue weighted by molar-refractivity contribution is 5.38. The largest absolute Gasteiger partial charge is 0.394 e. The molecule has 2 aromatic rings. The third kappa shape index (κ3) is 3.07. The summed E-state index contributed by atoms with van der Waals surface area (Å²) in [5, 5.41) is 20.4. The number of nitrogens with one attached hydrogen (secondary N) is 1. The van der Waals surface area contributed by atoms with Gasteiger partial charge in [0, 0.05) is 31.0 Å². The molecule has 2 N–H and O–H groups in total. The highest BCUT2D eigenvalue weighted by Gasteiger charge is 2.00. The fourth-order valence-electron chi connectivity index (χ4n) is 1.55. The van der Waals surface area contributed by atoms with E-state index in [0.29, 0.717) is 6.54 Å². The number of aliphatic hydroxyl groups is 1. The molecule has 2 heterocycles. The van der Waals surface area contributed by atoms with Gasteiger partial charge in [0.25, 0.3) is 0 Å². The molecule has 0 bridgehead atoms. The van der Waals surface area contributed by atoms with Crippen LogP contribution in [-0.2, 0) is 19.6 Å². The molecule has 0 aromatic carbocycles. The van der Waals surface area contributed by atoms with Crippen molar-refractivity contribution in [3.63, 3.8) is 0 Å². The van der Waals surface area contributed by atoms with Gasteiger partial charge in [-0.15, -0.1) is 0 Å². The SMILES string of the molecule is CCn1cc(CNc2cnn(CCO)c2)cn1. The van der Waals surface area contributed by atoms with Gasteiger partial charge >= 0.3 is 0 Å². The van der Waals surface area contributed by atoms with Crippen LogP contribution in [0.15, 0.2) is 24.8 Å². The number of nitrogens with zero attached hydrogens (tertiary/aromatic N) is 4. The quantitative estimate of drug-likeness (QED) is 0.773. The van der Waals surface area contributed by atoms with Crippen molar-refractivity contribution in [3.05, 3.63) is 30.4 Å². The molecule has 0 aliphatic carbocycles. The van der Waals surface area contributed by atoms with Gasteiger partial charge in [0.05, 0.1) is 31.2 Å². The minimum atomic E-state index is 0.102. The number of hydrogen-bond acceptors (Lipinski definition) is 4. The molecule has 92 valence electrons. The first-order valence-electron chi connectivity index (χ1n) is 5.70. The summed E-state index contributed by atoms with van der Waals surface area (Å²) in [4.78, 5) is 0. The normalized spacial score (nSPS) is 10.7. The average molecular weight is 235 g/mol. The zero-order chi connectivity index (χ0) is 12.1. The third-order valence-electron chi connectivity index (χ3n) is 2.47. The van der Waals surface area contributed by atoms with E-state index in [1.165, 1.54) is 0 Å². The molecule has 6 nitrogen and oxygen atoms in total. The van der Waals surface area contributed by atoms with Crippen molar-refractivity contribution in [2.75, 3.05) is 11.9 Å². The fourth-order valence-corrected chi connectivity index (χ4v) is 1.55. The summed E-state index contributed by atoms with van der Waals surface area (Å²) in [6, 6.07) is 0. The Morgan fingerprint density at radius 3 is 2.76 bits per heavy atom. The maximum atomic E-state index is 8.77. The summed E-state index contributed by atoms with van der Waals surface area (Å²) >= 11 is 0. The smallest absolute Gasteiger partial charge is 0.0729 e. The second-order valence-electron chi connectivity index (χ2n) is 3.77. The number of aliphatic hydroxyl groups excluding tert-OH is 1. The Balaban J connectivity index is 1.88. The zero-order valence-corrected chi connectivity index (χ0v) is 9.87. The Bertz CT molecular complexity index is 462. The molecule has 0 radical (unpaired) electrons. The van der Waals surface area contributed by atoms with Crippen LogP contribution in [0.2, 0.25) is 0 Å². The van der Waals surface area contributed by atoms with Crippen molar-refractivity contribution in [3.8, 4) is 0 Å². The van der Waals surface area contributed by atoms with Gasteiger partial charge in [-0.3, -0.25) is 9.36 Å². The van der Waals surface area contributed by atoms with Crippen LogP contribution in [0.1, 0.15) is 12.5 Å². The summed E-state index contributed by atoms with van der Waals surface area (Å²) in [7, 11) is 0. The van der Waals surface area contributed by atoms with Gasteiger partial charge in [-0.25, -0.2) is 0 Å². The maximum Gasteiger partial charge on any atom is 0.0729 e. The number of anilines is 1. The molecule has 2 aromatic heterocycles. The van der Waals surface area contributed by atoms with E-state index >= 15 is 0 Å². The van der Waals surface area contributed by atoms with Crippen molar-refractivity contribution in [1.82, 2.24) is 19.6 Å². The molecule has 0 saturated carbocycles. The number of hydrogen-bond donors (Lipinski definition) is 2. The summed E-state index contributed by atoms with van der Waals surface area (Å²) in [6.07, 6.45) is 7.50. The van der Waals surface area contributed by atoms with Gasteiger partial charge in [0.2, 0.25) is 0 Å². The van der Waals surface area contributed by atoms with Crippen molar-refractivity contribution in [2.45, 2.75) is 26.6 Å². The van der Waals surface area contributed by atoms with Crippen LogP contribution in [0.4, 0.5) is 5.69 Å². The molecular formula is C11H17N5O. The molecule has 0 fully saturated rings. The Morgan fingerprint density at radius 2 is 2.06 bits per heavy atom. The van der Waals surface area contributed by atoms with E-state index in [1.807, 2.05) is 23.3 Å². The summed E-state index contributed by atoms with van der Waals surface area (Å²) in [6.45, 7) is 4.29. The lowest BCUT2D eigenvalue weighted by molar-refractivity contribution is 0.269. The number of rotatable bonds is 6. The van der Waals surface area contributed by atoms with E-state index in [2.05, 4.69) is 22.4 Å². The lowest BCUT2D eigenvalue weighted by Crippen LogP contribution is -2.02. The Labute approximate surface area is 99.9 Å². The standard InChI is InChI=1S/C11H17N5O/c1-2-15-8-10(6-13-15)5-12-11-7-14-16(9-11)3-4-17/h6-9,12,17H,2-5H2,1H3. The Hall–Kier alpha value is -1.82. The second kappa shape index (κ2) is 5.49. The van der Waals surface area contributed by atoms with Gasteiger partial charge < -0.3 is 10.4 Å². The minimum Gasteiger partial charge on any atom is -0.394 e. The molecule has 0 spiro atoms. The molecule has 0 atom stereocenters. The summed E-state index contributed by atoms with van der Waals surface area (Å²) < 4.78 is 3.60. The zero-order valence-electron chi connectivity index (χ0n) is 9.87. The first kappa shape index (κ1) is 11.7. The molecule has 0 amide bonds. The van der Waals surface area contributed by atoms with Gasteiger partial charge in [-0.05, 0) is 6.92 Å². The summed E-state index contributed by atoms with van der Waals surface area (Å²) in [5.41, 5.74) is 2.09. The Morgan fingerprint density at radius 1 is 1.24 bits per heavy atom. The van der Waals surface area contributed by atoms with Crippen LogP contribution in [0, 0.1) is 0 Å². The molecule has 0 aliphatic rings. The van der Waals surface area contributed by atoms with Gasteiger partial charge in [-0.2, -0.15) is 10.2 Å². The molecule has 17 heavy (non-hydrogen) atoms. The molecule has 2 rings (SSSR count). The first-order valence-corrected chi connectivity index (χ1v) is 5.70. The third-order valence-corrected chi connectivity index (χ3v) is 2.47. The van der Waals surface area contributed by atoms with Gasteiger partial charge in [0.1, 0.15) is 0 Å².